The van der Waals surface area contributed by atoms with Crippen LogP contribution in [0.25, 0.3) is 0 Å². The zero-order valence-electron chi connectivity index (χ0n) is 23.4. The molecule has 3 aromatic carbocycles. The Bertz CT molecular complexity index is 1540. The Hall–Kier alpha value is -3.88. The number of hydrazone groups is 1. The molecule has 0 amide bonds. The first-order valence-electron chi connectivity index (χ1n) is 13.6. The van der Waals surface area contributed by atoms with Crippen molar-refractivity contribution in [3.8, 4) is 5.75 Å². The summed E-state index contributed by atoms with van der Waals surface area (Å²) in [6.07, 6.45) is 3.92. The highest BCUT2D eigenvalue weighted by molar-refractivity contribution is 6.42. The lowest BCUT2D eigenvalue weighted by molar-refractivity contribution is 0.306. The van der Waals surface area contributed by atoms with Gasteiger partial charge in [-0.1, -0.05) is 60.5 Å². The summed E-state index contributed by atoms with van der Waals surface area (Å²) in [6.45, 7) is 8.64. The van der Waals surface area contributed by atoms with E-state index in [1.807, 2.05) is 42.5 Å². The van der Waals surface area contributed by atoms with Crippen LogP contribution >= 0.6 is 23.2 Å². The lowest BCUT2D eigenvalue weighted by atomic mass is 10.00. The molecule has 0 aliphatic carbocycles. The number of nitrogens with zero attached hydrogens (tertiary/aromatic N) is 5. The highest BCUT2D eigenvalue weighted by Gasteiger charge is 2.20. The Labute approximate surface area is 250 Å². The molecule has 212 valence electrons. The van der Waals surface area contributed by atoms with Crippen LogP contribution in [0.15, 0.2) is 65.8 Å². The van der Waals surface area contributed by atoms with Crippen molar-refractivity contribution in [1.82, 2.24) is 15.0 Å². The standard InChI is InChI=1S/C31H33Cl2N7O/c1-20-12-14-40(15-13-20)31-37-29(35-28-9-4-6-21(2)22(28)3)36-30(38-31)39-34-18-23-7-5-8-25(16-23)41-19-24-10-11-26(32)27(33)17-24/h4-11,16-18,20H,12-15,19H2,1-3H3,(H2,35,36,37,38,39)/b34-18-. The number of benzene rings is 3. The van der Waals surface area contributed by atoms with Gasteiger partial charge in [-0.2, -0.15) is 20.1 Å². The third-order valence-corrected chi connectivity index (χ3v) is 7.91. The highest BCUT2D eigenvalue weighted by Crippen LogP contribution is 2.26. The van der Waals surface area contributed by atoms with Crippen molar-refractivity contribution in [2.24, 2.45) is 11.0 Å². The fourth-order valence-electron chi connectivity index (χ4n) is 4.47. The predicted octanol–water partition coefficient (Wildman–Crippen LogP) is 7.80. The van der Waals surface area contributed by atoms with Gasteiger partial charge in [0.1, 0.15) is 12.4 Å². The van der Waals surface area contributed by atoms with E-state index in [0.29, 0.717) is 46.2 Å². The molecular weight excluding hydrogens is 557 g/mol. The Kier molecular flexibility index (Phi) is 9.21. The minimum absolute atomic E-state index is 0.365. The second kappa shape index (κ2) is 13.2. The van der Waals surface area contributed by atoms with E-state index in [1.54, 1.807) is 18.3 Å². The molecule has 1 aliphatic rings. The van der Waals surface area contributed by atoms with Crippen molar-refractivity contribution in [2.45, 2.75) is 40.2 Å². The maximum atomic E-state index is 6.12. The zero-order chi connectivity index (χ0) is 28.8. The monoisotopic (exact) mass is 589 g/mol. The van der Waals surface area contributed by atoms with E-state index in [4.69, 9.17) is 32.9 Å². The van der Waals surface area contributed by atoms with Crippen molar-refractivity contribution in [1.29, 1.82) is 0 Å². The van der Waals surface area contributed by atoms with Crippen molar-refractivity contribution in [3.63, 3.8) is 0 Å². The molecule has 0 bridgehead atoms. The smallest absolute Gasteiger partial charge is 0.250 e. The normalized spacial score (nSPS) is 13.9. The molecule has 10 heteroatoms. The predicted molar refractivity (Wildman–Crippen MR) is 168 cm³/mol. The van der Waals surface area contributed by atoms with E-state index in [1.165, 1.54) is 5.56 Å². The number of hydrogen-bond donors (Lipinski definition) is 2. The number of nitrogens with one attached hydrogen (secondary N) is 2. The quantitative estimate of drug-likeness (QED) is 0.152. The van der Waals surface area contributed by atoms with E-state index in [2.05, 4.69) is 57.5 Å². The van der Waals surface area contributed by atoms with Crippen LogP contribution in [0.1, 0.15) is 42.0 Å². The van der Waals surface area contributed by atoms with E-state index >= 15 is 0 Å². The Balaban J connectivity index is 1.30. The molecule has 1 saturated heterocycles. The molecule has 1 aromatic heterocycles. The minimum Gasteiger partial charge on any atom is -0.489 e. The van der Waals surface area contributed by atoms with Crippen molar-refractivity contribution < 1.29 is 4.74 Å². The second-order valence-corrected chi connectivity index (χ2v) is 11.1. The molecule has 8 nitrogen and oxygen atoms in total. The largest absolute Gasteiger partial charge is 0.489 e. The molecule has 4 aromatic rings. The lowest BCUT2D eigenvalue weighted by Crippen LogP contribution is -2.34. The summed E-state index contributed by atoms with van der Waals surface area (Å²) in [6, 6.07) is 19.2. The van der Waals surface area contributed by atoms with E-state index in [-0.39, 0.29) is 0 Å². The van der Waals surface area contributed by atoms with Gasteiger partial charge >= 0.3 is 0 Å². The van der Waals surface area contributed by atoms with Crippen LogP contribution in [0.4, 0.5) is 23.5 Å². The van der Waals surface area contributed by atoms with Gasteiger partial charge in [-0.15, -0.1) is 0 Å². The fourth-order valence-corrected chi connectivity index (χ4v) is 4.79. The SMILES string of the molecule is Cc1cccc(Nc2nc(N/N=C\c3cccc(OCc4ccc(Cl)c(Cl)c4)c3)nc(N3CCC(C)CC3)n2)c1C. The maximum Gasteiger partial charge on any atom is 0.250 e. The van der Waals surface area contributed by atoms with Gasteiger partial charge in [-0.25, -0.2) is 5.43 Å². The van der Waals surface area contributed by atoms with Gasteiger partial charge in [0.25, 0.3) is 0 Å². The molecule has 0 spiro atoms. The molecule has 0 unspecified atom stereocenters. The zero-order valence-corrected chi connectivity index (χ0v) is 24.9. The van der Waals surface area contributed by atoms with Crippen LogP contribution in [0.2, 0.25) is 10.0 Å². The summed E-state index contributed by atoms with van der Waals surface area (Å²) >= 11 is 12.1. The van der Waals surface area contributed by atoms with Crippen LogP contribution in [0.3, 0.4) is 0 Å². The number of rotatable bonds is 9. The number of aromatic nitrogens is 3. The first-order valence-corrected chi connectivity index (χ1v) is 14.4. The van der Waals surface area contributed by atoms with Gasteiger partial charge in [0.15, 0.2) is 0 Å². The summed E-state index contributed by atoms with van der Waals surface area (Å²) in [5, 5.41) is 8.81. The molecule has 1 fully saturated rings. The Morgan fingerprint density at radius 1 is 0.951 bits per heavy atom. The summed E-state index contributed by atoms with van der Waals surface area (Å²) in [5.74, 6) is 2.88. The average Bonchev–Trinajstić information content (AvgIpc) is 2.97. The number of piperidine rings is 1. The van der Waals surface area contributed by atoms with Gasteiger partial charge in [-0.3, -0.25) is 0 Å². The second-order valence-electron chi connectivity index (χ2n) is 10.3. The van der Waals surface area contributed by atoms with Crippen LogP contribution in [-0.2, 0) is 6.61 Å². The third-order valence-electron chi connectivity index (χ3n) is 7.17. The number of halogens is 2. The number of ether oxygens (including phenoxy) is 1. The van der Waals surface area contributed by atoms with Gasteiger partial charge in [-0.05, 0) is 85.2 Å². The molecule has 41 heavy (non-hydrogen) atoms. The maximum absolute atomic E-state index is 6.12. The van der Waals surface area contributed by atoms with E-state index in [9.17, 15) is 0 Å². The molecule has 2 N–H and O–H groups in total. The highest BCUT2D eigenvalue weighted by atomic mass is 35.5. The van der Waals surface area contributed by atoms with Crippen LogP contribution < -0.4 is 20.4 Å². The Morgan fingerprint density at radius 3 is 2.54 bits per heavy atom. The first kappa shape index (κ1) is 28.6. The summed E-state index contributed by atoms with van der Waals surface area (Å²) in [5.41, 5.74) is 8.09. The van der Waals surface area contributed by atoms with E-state index in [0.717, 1.165) is 48.3 Å². The van der Waals surface area contributed by atoms with E-state index < -0.39 is 0 Å². The van der Waals surface area contributed by atoms with Crippen LogP contribution in [0, 0.1) is 19.8 Å². The Morgan fingerprint density at radius 2 is 1.73 bits per heavy atom. The third kappa shape index (κ3) is 7.65. The number of anilines is 4. The number of aryl methyl sites for hydroxylation is 1. The lowest BCUT2D eigenvalue weighted by Gasteiger charge is -2.30. The number of hydrogen-bond acceptors (Lipinski definition) is 8. The van der Waals surface area contributed by atoms with Gasteiger partial charge in [0, 0.05) is 18.8 Å². The molecule has 5 rings (SSSR count). The van der Waals surface area contributed by atoms with Gasteiger partial charge in [0.05, 0.1) is 16.3 Å². The van der Waals surface area contributed by atoms with Crippen molar-refractivity contribution in [2.75, 3.05) is 28.7 Å². The molecule has 2 heterocycles. The fraction of sp³-hybridized carbons (Fsp3) is 0.290. The van der Waals surface area contributed by atoms with Crippen LogP contribution in [-0.4, -0.2) is 34.3 Å². The van der Waals surface area contributed by atoms with Crippen LogP contribution in [0.5, 0.6) is 5.75 Å². The average molecular weight is 591 g/mol. The first-order chi connectivity index (χ1) is 19.8. The van der Waals surface area contributed by atoms with Gasteiger partial charge in [0.2, 0.25) is 17.8 Å². The van der Waals surface area contributed by atoms with Gasteiger partial charge < -0.3 is 15.0 Å². The van der Waals surface area contributed by atoms with Crippen molar-refractivity contribution >= 4 is 52.9 Å². The molecular formula is C31H33Cl2N7O. The minimum atomic E-state index is 0.365. The topological polar surface area (TPSA) is 87.6 Å². The molecule has 0 radical (unpaired) electrons. The molecule has 0 atom stereocenters. The van der Waals surface area contributed by atoms with Crippen molar-refractivity contribution in [3.05, 3.63) is 93.0 Å². The summed E-state index contributed by atoms with van der Waals surface area (Å²) < 4.78 is 5.94. The summed E-state index contributed by atoms with van der Waals surface area (Å²) in [4.78, 5) is 16.2. The summed E-state index contributed by atoms with van der Waals surface area (Å²) in [7, 11) is 0. The molecule has 1 aliphatic heterocycles. The molecule has 0 saturated carbocycles.